The quantitative estimate of drug-likeness (QED) is 0.675. The molecule has 1 aliphatic heterocycles. The summed E-state index contributed by atoms with van der Waals surface area (Å²) in [7, 11) is 0. The van der Waals surface area contributed by atoms with E-state index in [1.54, 1.807) is 0 Å². The summed E-state index contributed by atoms with van der Waals surface area (Å²) in [4.78, 5) is 14.3. The third kappa shape index (κ3) is 4.94. The van der Waals surface area contributed by atoms with Crippen LogP contribution in [0.2, 0.25) is 0 Å². The first kappa shape index (κ1) is 15.4. The summed E-state index contributed by atoms with van der Waals surface area (Å²) in [6.45, 7) is 7.79. The van der Waals surface area contributed by atoms with Crippen LogP contribution in [0.4, 0.5) is 0 Å². The number of rotatable bonds is 7. The molecule has 0 spiro atoms. The minimum absolute atomic E-state index is 0.00225. The summed E-state index contributed by atoms with van der Waals surface area (Å²) in [5.74, 6) is 0.853. The Bertz CT molecular complexity index is 243. The molecule has 0 radical (unpaired) electrons. The van der Waals surface area contributed by atoms with Gasteiger partial charge in [0.25, 0.3) is 0 Å². The monoisotopic (exact) mass is 255 g/mol. The predicted molar refractivity (Wildman–Crippen MR) is 75.3 cm³/mol. The second-order valence-electron chi connectivity index (χ2n) is 5.40. The smallest absolute Gasteiger partial charge is 0.237 e. The van der Waals surface area contributed by atoms with E-state index in [4.69, 9.17) is 5.73 Å². The van der Waals surface area contributed by atoms with Gasteiger partial charge in [-0.3, -0.25) is 9.69 Å². The first-order valence-corrected chi connectivity index (χ1v) is 7.40. The van der Waals surface area contributed by atoms with Gasteiger partial charge in [0.1, 0.15) is 0 Å². The number of carbonyl (C=O) groups is 1. The first-order valence-electron chi connectivity index (χ1n) is 7.40. The van der Waals surface area contributed by atoms with Gasteiger partial charge in [0, 0.05) is 13.1 Å². The van der Waals surface area contributed by atoms with Crippen molar-refractivity contribution in [3.05, 3.63) is 0 Å². The van der Waals surface area contributed by atoms with Crippen LogP contribution in [-0.4, -0.2) is 43.0 Å². The Balaban J connectivity index is 2.35. The lowest BCUT2D eigenvalue weighted by molar-refractivity contribution is -0.126. The molecule has 1 amide bonds. The zero-order chi connectivity index (χ0) is 13.4. The van der Waals surface area contributed by atoms with E-state index >= 15 is 0 Å². The Hall–Kier alpha value is -0.610. The lowest BCUT2D eigenvalue weighted by Gasteiger charge is -2.36. The number of unbranched alkanes of at least 4 members (excludes halogenated alkanes) is 1. The largest absolute Gasteiger partial charge is 0.355 e. The number of amides is 1. The summed E-state index contributed by atoms with van der Waals surface area (Å²) in [5.41, 5.74) is 5.62. The van der Waals surface area contributed by atoms with Crippen molar-refractivity contribution in [2.24, 2.45) is 11.7 Å². The third-order valence-corrected chi connectivity index (χ3v) is 3.88. The minimum Gasteiger partial charge on any atom is -0.355 e. The van der Waals surface area contributed by atoms with Crippen LogP contribution in [0, 0.1) is 5.92 Å². The average molecular weight is 255 g/mol. The summed E-state index contributed by atoms with van der Waals surface area (Å²) >= 11 is 0. The highest BCUT2D eigenvalue weighted by Crippen LogP contribution is 2.20. The molecule has 0 aromatic heterocycles. The molecule has 1 saturated heterocycles. The average Bonchev–Trinajstić information content (AvgIpc) is 2.39. The van der Waals surface area contributed by atoms with Gasteiger partial charge in [-0.05, 0) is 51.6 Å². The fraction of sp³-hybridized carbons (Fsp3) is 0.929. The van der Waals surface area contributed by atoms with Crippen LogP contribution < -0.4 is 11.1 Å². The molecule has 0 aromatic carbocycles. The zero-order valence-electron chi connectivity index (χ0n) is 12.0. The number of carbonyl (C=O) groups excluding carboxylic acids is 1. The maximum Gasteiger partial charge on any atom is 0.237 e. The van der Waals surface area contributed by atoms with Crippen molar-refractivity contribution in [1.29, 1.82) is 0 Å². The Kier molecular flexibility index (Phi) is 7.28. The van der Waals surface area contributed by atoms with Gasteiger partial charge in [-0.25, -0.2) is 0 Å². The van der Waals surface area contributed by atoms with E-state index in [9.17, 15) is 4.79 Å². The van der Waals surface area contributed by atoms with Crippen LogP contribution >= 0.6 is 0 Å². The highest BCUT2D eigenvalue weighted by molar-refractivity contribution is 5.81. The molecule has 3 N–H and O–H groups in total. The van der Waals surface area contributed by atoms with Crippen molar-refractivity contribution in [3.63, 3.8) is 0 Å². The zero-order valence-corrected chi connectivity index (χ0v) is 12.0. The molecular formula is C14H29N3O. The molecule has 1 heterocycles. The Labute approximate surface area is 111 Å². The van der Waals surface area contributed by atoms with E-state index in [2.05, 4.69) is 17.1 Å². The van der Waals surface area contributed by atoms with Crippen molar-refractivity contribution in [1.82, 2.24) is 10.2 Å². The summed E-state index contributed by atoms with van der Waals surface area (Å²) in [5, 5.41) is 3.02. The number of nitrogens with zero attached hydrogens (tertiary/aromatic N) is 1. The van der Waals surface area contributed by atoms with Crippen LogP contribution in [0.3, 0.4) is 0 Å². The van der Waals surface area contributed by atoms with E-state index in [1.807, 2.05) is 6.92 Å². The van der Waals surface area contributed by atoms with Gasteiger partial charge in [-0.2, -0.15) is 0 Å². The van der Waals surface area contributed by atoms with Crippen LogP contribution in [-0.2, 0) is 4.79 Å². The summed E-state index contributed by atoms with van der Waals surface area (Å²) < 4.78 is 0. The molecule has 4 nitrogen and oxygen atoms in total. The van der Waals surface area contributed by atoms with Gasteiger partial charge in [-0.15, -0.1) is 0 Å². The lowest BCUT2D eigenvalue weighted by atomic mass is 9.94. The van der Waals surface area contributed by atoms with E-state index < -0.39 is 0 Å². The minimum atomic E-state index is 0.00225. The van der Waals surface area contributed by atoms with E-state index in [0.717, 1.165) is 45.4 Å². The van der Waals surface area contributed by atoms with E-state index in [-0.39, 0.29) is 11.9 Å². The molecule has 1 aliphatic rings. The number of nitrogens with two attached hydrogens (primary N) is 1. The first-order chi connectivity index (χ1) is 8.69. The van der Waals surface area contributed by atoms with Crippen molar-refractivity contribution in [2.45, 2.75) is 52.0 Å². The highest BCUT2D eigenvalue weighted by Gasteiger charge is 2.26. The Morgan fingerprint density at radius 2 is 2.33 bits per heavy atom. The topological polar surface area (TPSA) is 58.4 Å². The van der Waals surface area contributed by atoms with Gasteiger partial charge in [0.15, 0.2) is 0 Å². The SMILES string of the molecule is CCCCNC(=O)C(C)N1CCCC(CCN)C1. The molecule has 18 heavy (non-hydrogen) atoms. The molecule has 0 aromatic rings. The standard InChI is InChI=1S/C14H29N3O/c1-3-4-9-16-14(18)12(2)17-10-5-6-13(11-17)7-8-15/h12-13H,3-11,15H2,1-2H3,(H,16,18). The van der Waals surface area contributed by atoms with Crippen molar-refractivity contribution >= 4 is 5.91 Å². The van der Waals surface area contributed by atoms with E-state index in [0.29, 0.717) is 5.92 Å². The summed E-state index contributed by atoms with van der Waals surface area (Å²) in [6.07, 6.45) is 5.72. The highest BCUT2D eigenvalue weighted by atomic mass is 16.2. The van der Waals surface area contributed by atoms with Crippen LogP contribution in [0.1, 0.15) is 46.0 Å². The molecule has 2 atom stereocenters. The van der Waals surface area contributed by atoms with Gasteiger partial charge >= 0.3 is 0 Å². The normalized spacial score (nSPS) is 22.7. The van der Waals surface area contributed by atoms with Crippen LogP contribution in [0.15, 0.2) is 0 Å². The van der Waals surface area contributed by atoms with Gasteiger partial charge in [0.05, 0.1) is 6.04 Å². The van der Waals surface area contributed by atoms with Crippen LogP contribution in [0.5, 0.6) is 0 Å². The fourth-order valence-electron chi connectivity index (χ4n) is 2.62. The number of hydrogen-bond donors (Lipinski definition) is 2. The van der Waals surface area contributed by atoms with Gasteiger partial charge in [0.2, 0.25) is 5.91 Å². The maximum atomic E-state index is 12.0. The number of piperidine rings is 1. The van der Waals surface area contributed by atoms with Crippen molar-refractivity contribution < 1.29 is 4.79 Å². The molecule has 0 aliphatic carbocycles. The summed E-state index contributed by atoms with van der Waals surface area (Å²) in [6, 6.07) is 0.00225. The predicted octanol–water partition coefficient (Wildman–Crippen LogP) is 1.35. The molecule has 1 fully saturated rings. The fourth-order valence-corrected chi connectivity index (χ4v) is 2.62. The second-order valence-corrected chi connectivity index (χ2v) is 5.40. The van der Waals surface area contributed by atoms with Gasteiger partial charge < -0.3 is 11.1 Å². The van der Waals surface area contributed by atoms with E-state index in [1.165, 1.54) is 12.8 Å². The lowest BCUT2D eigenvalue weighted by Crippen LogP contribution is -2.49. The number of hydrogen-bond acceptors (Lipinski definition) is 3. The molecule has 0 saturated carbocycles. The molecule has 2 unspecified atom stereocenters. The van der Waals surface area contributed by atoms with Crippen molar-refractivity contribution in [3.8, 4) is 0 Å². The van der Waals surface area contributed by atoms with Crippen LogP contribution in [0.25, 0.3) is 0 Å². The molecule has 106 valence electrons. The third-order valence-electron chi connectivity index (χ3n) is 3.88. The molecular weight excluding hydrogens is 226 g/mol. The Morgan fingerprint density at radius 3 is 3.00 bits per heavy atom. The van der Waals surface area contributed by atoms with Gasteiger partial charge in [-0.1, -0.05) is 13.3 Å². The van der Waals surface area contributed by atoms with Crippen molar-refractivity contribution in [2.75, 3.05) is 26.2 Å². The molecule has 4 heteroatoms. The Morgan fingerprint density at radius 1 is 1.56 bits per heavy atom. The number of nitrogens with one attached hydrogen (secondary N) is 1. The molecule has 0 bridgehead atoms. The second kappa shape index (κ2) is 8.48. The maximum absolute atomic E-state index is 12.0. The number of likely N-dealkylation sites (tertiary alicyclic amines) is 1. The molecule has 1 rings (SSSR count).